The first kappa shape index (κ1) is 14.5. The van der Waals surface area contributed by atoms with Crippen molar-refractivity contribution in [3.05, 3.63) is 35.4 Å². The van der Waals surface area contributed by atoms with Crippen molar-refractivity contribution in [2.24, 2.45) is 11.7 Å². The van der Waals surface area contributed by atoms with Gasteiger partial charge < -0.3 is 10.5 Å². The highest BCUT2D eigenvalue weighted by Crippen LogP contribution is 2.23. The number of rotatable bonds is 5. The molecule has 2 rings (SSSR count). The molecule has 3 nitrogen and oxygen atoms in total. The zero-order valence-electron chi connectivity index (χ0n) is 12.1. The van der Waals surface area contributed by atoms with Crippen LogP contribution in [0.4, 0.5) is 0 Å². The van der Waals surface area contributed by atoms with Crippen LogP contribution in [-0.4, -0.2) is 31.1 Å². The molecule has 2 N–H and O–H groups in total. The second kappa shape index (κ2) is 7.04. The third kappa shape index (κ3) is 4.03. The Labute approximate surface area is 116 Å². The largest absolute Gasteiger partial charge is 0.380 e. The third-order valence-corrected chi connectivity index (χ3v) is 4.13. The second-order valence-electron chi connectivity index (χ2n) is 5.71. The van der Waals surface area contributed by atoms with Crippen molar-refractivity contribution in [3.63, 3.8) is 0 Å². The van der Waals surface area contributed by atoms with E-state index in [9.17, 15) is 0 Å². The Morgan fingerprint density at radius 2 is 2.11 bits per heavy atom. The molecule has 1 aliphatic heterocycles. The van der Waals surface area contributed by atoms with Crippen LogP contribution < -0.4 is 5.73 Å². The Hall–Kier alpha value is -0.900. The Balaban J connectivity index is 2.00. The van der Waals surface area contributed by atoms with Crippen LogP contribution in [0.1, 0.15) is 30.9 Å². The van der Waals surface area contributed by atoms with E-state index in [1.807, 2.05) is 0 Å². The molecule has 0 saturated carbocycles. The molecule has 1 fully saturated rings. The van der Waals surface area contributed by atoms with Gasteiger partial charge in [0.25, 0.3) is 0 Å². The standard InChI is InChI=1S/C16H26N2O/c1-13-6-7-16(9-17)11-18(13)10-14-4-3-5-15(8-14)12-19-2/h3-5,8,13,16H,6-7,9-12,17H2,1-2H3. The van der Waals surface area contributed by atoms with E-state index in [2.05, 4.69) is 36.1 Å². The summed E-state index contributed by atoms with van der Waals surface area (Å²) in [5, 5.41) is 0. The lowest BCUT2D eigenvalue weighted by atomic mass is 9.93. The molecule has 1 aromatic carbocycles. The fourth-order valence-corrected chi connectivity index (χ4v) is 2.89. The molecule has 19 heavy (non-hydrogen) atoms. The molecule has 0 bridgehead atoms. The van der Waals surface area contributed by atoms with Gasteiger partial charge in [-0.1, -0.05) is 24.3 Å². The summed E-state index contributed by atoms with van der Waals surface area (Å²) >= 11 is 0. The van der Waals surface area contributed by atoms with Crippen molar-refractivity contribution in [1.82, 2.24) is 4.90 Å². The Bertz CT molecular complexity index is 394. The molecular weight excluding hydrogens is 236 g/mol. The van der Waals surface area contributed by atoms with Gasteiger partial charge in [0.15, 0.2) is 0 Å². The topological polar surface area (TPSA) is 38.5 Å². The lowest BCUT2D eigenvalue weighted by molar-refractivity contribution is 0.113. The van der Waals surface area contributed by atoms with E-state index in [1.165, 1.54) is 24.0 Å². The van der Waals surface area contributed by atoms with Crippen molar-refractivity contribution in [2.45, 2.75) is 39.0 Å². The number of likely N-dealkylation sites (tertiary alicyclic amines) is 1. The summed E-state index contributed by atoms with van der Waals surface area (Å²) in [7, 11) is 1.74. The van der Waals surface area contributed by atoms with E-state index in [4.69, 9.17) is 10.5 Å². The molecule has 0 spiro atoms. The molecule has 0 aliphatic carbocycles. The molecule has 0 aromatic heterocycles. The van der Waals surface area contributed by atoms with Gasteiger partial charge in [0.05, 0.1) is 6.61 Å². The van der Waals surface area contributed by atoms with Crippen LogP contribution in [0.3, 0.4) is 0 Å². The number of benzene rings is 1. The van der Waals surface area contributed by atoms with Crippen molar-refractivity contribution >= 4 is 0 Å². The van der Waals surface area contributed by atoms with Gasteiger partial charge in [-0.15, -0.1) is 0 Å². The first-order valence-electron chi connectivity index (χ1n) is 7.23. The van der Waals surface area contributed by atoms with Crippen LogP contribution in [0, 0.1) is 5.92 Å². The van der Waals surface area contributed by atoms with Gasteiger partial charge >= 0.3 is 0 Å². The molecule has 0 radical (unpaired) electrons. The number of nitrogens with two attached hydrogens (primary N) is 1. The summed E-state index contributed by atoms with van der Waals surface area (Å²) in [6.07, 6.45) is 2.54. The summed E-state index contributed by atoms with van der Waals surface area (Å²) in [6, 6.07) is 9.36. The predicted molar refractivity (Wildman–Crippen MR) is 78.8 cm³/mol. The maximum absolute atomic E-state index is 5.82. The van der Waals surface area contributed by atoms with E-state index in [-0.39, 0.29) is 0 Å². The maximum Gasteiger partial charge on any atom is 0.0713 e. The molecule has 2 atom stereocenters. The molecule has 106 valence electrons. The number of methoxy groups -OCH3 is 1. The maximum atomic E-state index is 5.82. The minimum atomic E-state index is 0.661. The molecule has 1 saturated heterocycles. The smallest absolute Gasteiger partial charge is 0.0713 e. The van der Waals surface area contributed by atoms with Gasteiger partial charge in [0, 0.05) is 26.2 Å². The van der Waals surface area contributed by atoms with Crippen molar-refractivity contribution in [2.75, 3.05) is 20.2 Å². The van der Waals surface area contributed by atoms with Crippen LogP contribution in [0.5, 0.6) is 0 Å². The lowest BCUT2D eigenvalue weighted by Crippen LogP contribution is -2.43. The van der Waals surface area contributed by atoms with Gasteiger partial charge in [0.2, 0.25) is 0 Å². The van der Waals surface area contributed by atoms with E-state index in [0.29, 0.717) is 18.6 Å². The van der Waals surface area contributed by atoms with E-state index in [0.717, 1.165) is 19.6 Å². The van der Waals surface area contributed by atoms with E-state index in [1.54, 1.807) is 7.11 Å². The average Bonchev–Trinajstić information content (AvgIpc) is 2.42. The van der Waals surface area contributed by atoms with Crippen molar-refractivity contribution in [1.29, 1.82) is 0 Å². The summed E-state index contributed by atoms with van der Waals surface area (Å²) in [6.45, 7) is 5.98. The Kier molecular flexibility index (Phi) is 5.37. The Morgan fingerprint density at radius 1 is 1.32 bits per heavy atom. The summed E-state index contributed by atoms with van der Waals surface area (Å²) in [4.78, 5) is 2.56. The molecular formula is C16H26N2O. The number of nitrogens with zero attached hydrogens (tertiary/aromatic N) is 1. The van der Waals surface area contributed by atoms with E-state index < -0.39 is 0 Å². The summed E-state index contributed by atoms with van der Waals surface area (Å²) < 4.78 is 5.20. The van der Waals surface area contributed by atoms with Crippen LogP contribution in [0.25, 0.3) is 0 Å². The van der Waals surface area contributed by atoms with Gasteiger partial charge in [-0.3, -0.25) is 4.90 Å². The molecule has 3 heteroatoms. The van der Waals surface area contributed by atoms with Gasteiger partial charge in [-0.25, -0.2) is 0 Å². The highest BCUT2D eigenvalue weighted by Gasteiger charge is 2.24. The average molecular weight is 262 g/mol. The minimum absolute atomic E-state index is 0.661. The highest BCUT2D eigenvalue weighted by atomic mass is 16.5. The molecule has 1 heterocycles. The van der Waals surface area contributed by atoms with Gasteiger partial charge in [-0.2, -0.15) is 0 Å². The second-order valence-corrected chi connectivity index (χ2v) is 5.71. The van der Waals surface area contributed by atoms with Crippen LogP contribution in [0.15, 0.2) is 24.3 Å². The SMILES string of the molecule is COCc1cccc(CN2CC(CN)CCC2C)c1. The first-order chi connectivity index (χ1) is 9.22. The fourth-order valence-electron chi connectivity index (χ4n) is 2.89. The minimum Gasteiger partial charge on any atom is -0.380 e. The quantitative estimate of drug-likeness (QED) is 0.885. The zero-order valence-corrected chi connectivity index (χ0v) is 12.1. The zero-order chi connectivity index (χ0) is 13.7. The molecule has 2 unspecified atom stereocenters. The highest BCUT2D eigenvalue weighted by molar-refractivity contribution is 5.23. The number of ether oxygens (including phenoxy) is 1. The number of hydrogen-bond donors (Lipinski definition) is 1. The van der Waals surface area contributed by atoms with Crippen molar-refractivity contribution < 1.29 is 4.74 Å². The van der Waals surface area contributed by atoms with Crippen LogP contribution in [-0.2, 0) is 17.9 Å². The van der Waals surface area contributed by atoms with Gasteiger partial charge in [-0.05, 0) is 43.4 Å². The molecule has 0 amide bonds. The third-order valence-electron chi connectivity index (χ3n) is 4.13. The van der Waals surface area contributed by atoms with Crippen LogP contribution in [0.2, 0.25) is 0 Å². The summed E-state index contributed by atoms with van der Waals surface area (Å²) in [5.41, 5.74) is 8.45. The summed E-state index contributed by atoms with van der Waals surface area (Å²) in [5.74, 6) is 0.665. The number of piperidine rings is 1. The number of hydrogen-bond acceptors (Lipinski definition) is 3. The normalized spacial score (nSPS) is 24.6. The van der Waals surface area contributed by atoms with Gasteiger partial charge in [0.1, 0.15) is 0 Å². The first-order valence-corrected chi connectivity index (χ1v) is 7.23. The molecule has 1 aromatic rings. The van der Waals surface area contributed by atoms with E-state index >= 15 is 0 Å². The molecule has 1 aliphatic rings. The van der Waals surface area contributed by atoms with Crippen LogP contribution >= 0.6 is 0 Å². The lowest BCUT2D eigenvalue weighted by Gasteiger charge is -2.37. The predicted octanol–water partition coefficient (Wildman–Crippen LogP) is 2.39. The Morgan fingerprint density at radius 3 is 2.84 bits per heavy atom. The monoisotopic (exact) mass is 262 g/mol. The van der Waals surface area contributed by atoms with Crippen molar-refractivity contribution in [3.8, 4) is 0 Å². The fraction of sp³-hybridized carbons (Fsp3) is 0.625.